The Balaban J connectivity index is 1.49. The average Bonchev–Trinajstić information content (AvgIpc) is 3.43. The van der Waals surface area contributed by atoms with Crippen LogP contribution in [0.1, 0.15) is 36.2 Å². The third-order valence-electron chi connectivity index (χ3n) is 6.04. The summed E-state index contributed by atoms with van der Waals surface area (Å²) in [4.78, 5) is 41.3. The van der Waals surface area contributed by atoms with Gasteiger partial charge in [-0.05, 0) is 43.9 Å². The maximum Gasteiger partial charge on any atom is 0.285 e. The molecule has 1 aromatic heterocycles. The number of hydrogen-bond acceptors (Lipinski definition) is 5. The Labute approximate surface area is 186 Å². The molecular formula is C23H27N5O4. The van der Waals surface area contributed by atoms with E-state index in [4.69, 9.17) is 11.2 Å². The normalized spacial score (nSPS) is 21.6. The topological polar surface area (TPSA) is 116 Å². The van der Waals surface area contributed by atoms with Gasteiger partial charge in [0.1, 0.15) is 17.5 Å². The van der Waals surface area contributed by atoms with Gasteiger partial charge in [-0.2, -0.15) is 0 Å². The van der Waals surface area contributed by atoms with Gasteiger partial charge in [-0.15, -0.1) is 6.42 Å². The largest absolute Gasteiger partial charge is 0.496 e. The first-order chi connectivity index (χ1) is 15.5. The van der Waals surface area contributed by atoms with Crippen LogP contribution in [0.2, 0.25) is 0 Å². The molecule has 1 aromatic carbocycles. The van der Waals surface area contributed by atoms with Gasteiger partial charge in [-0.1, -0.05) is 12.0 Å². The zero-order chi connectivity index (χ0) is 22.7. The molecule has 3 amide bonds. The number of amides is 3. The molecule has 0 saturated carbocycles. The number of carbonyl (C=O) groups excluding carboxylic acids is 3. The first-order valence-corrected chi connectivity index (χ1v) is 10.8. The summed E-state index contributed by atoms with van der Waals surface area (Å²) in [6.07, 6.45) is 7.95. The predicted octanol–water partition coefficient (Wildman–Crippen LogP) is 0.930. The van der Waals surface area contributed by atoms with Crippen molar-refractivity contribution in [1.29, 1.82) is 0 Å². The highest BCUT2D eigenvalue weighted by Gasteiger charge is 2.35. The minimum atomic E-state index is -0.710. The number of fused-ring (bicyclic) bond motifs is 1. The number of benzene rings is 1. The van der Waals surface area contributed by atoms with Gasteiger partial charge in [-0.25, -0.2) is 5.43 Å². The fraction of sp³-hybridized carbons (Fsp3) is 0.435. The Morgan fingerprint density at radius 1 is 1.34 bits per heavy atom. The molecule has 2 aliphatic rings. The summed E-state index contributed by atoms with van der Waals surface area (Å²) in [6.45, 7) is 1.21. The number of ether oxygens (including phenoxy) is 1. The van der Waals surface area contributed by atoms with Crippen LogP contribution in [0, 0.1) is 18.3 Å². The van der Waals surface area contributed by atoms with E-state index < -0.39 is 12.1 Å². The van der Waals surface area contributed by atoms with Gasteiger partial charge < -0.3 is 20.4 Å². The SMILES string of the molecule is C#CC(CC1CCNC1=O)NC(=O)C1CCCNN1C(=O)c1cc2c(OC)cccc2[nH]1. The lowest BCUT2D eigenvalue weighted by Crippen LogP contribution is -2.59. The van der Waals surface area contributed by atoms with Gasteiger partial charge in [0, 0.05) is 29.9 Å². The summed E-state index contributed by atoms with van der Waals surface area (Å²) in [6, 6.07) is 5.96. The third kappa shape index (κ3) is 4.27. The smallest absolute Gasteiger partial charge is 0.285 e. The van der Waals surface area contributed by atoms with Crippen LogP contribution in [0.4, 0.5) is 0 Å². The molecule has 32 heavy (non-hydrogen) atoms. The summed E-state index contributed by atoms with van der Waals surface area (Å²) in [5, 5.41) is 7.78. The molecule has 0 radical (unpaired) electrons. The number of nitrogens with one attached hydrogen (secondary N) is 4. The summed E-state index contributed by atoms with van der Waals surface area (Å²) in [7, 11) is 1.58. The van der Waals surface area contributed by atoms with E-state index in [0.717, 1.165) is 17.3 Å². The minimum Gasteiger partial charge on any atom is -0.496 e. The lowest BCUT2D eigenvalue weighted by molar-refractivity contribution is -0.129. The van der Waals surface area contributed by atoms with Crippen LogP contribution in [-0.2, 0) is 9.59 Å². The first kappa shape index (κ1) is 21.7. The number of nitrogens with zero attached hydrogens (tertiary/aromatic N) is 1. The van der Waals surface area contributed by atoms with Crippen molar-refractivity contribution in [3.63, 3.8) is 0 Å². The van der Waals surface area contributed by atoms with Crippen LogP contribution >= 0.6 is 0 Å². The van der Waals surface area contributed by atoms with E-state index in [2.05, 4.69) is 27.0 Å². The van der Waals surface area contributed by atoms with E-state index in [1.807, 2.05) is 18.2 Å². The average molecular weight is 438 g/mol. The second kappa shape index (κ2) is 9.32. The predicted molar refractivity (Wildman–Crippen MR) is 119 cm³/mol. The van der Waals surface area contributed by atoms with E-state index in [-0.39, 0.29) is 23.6 Å². The second-order valence-electron chi connectivity index (χ2n) is 8.09. The Hall–Kier alpha value is -3.51. The number of aromatic nitrogens is 1. The lowest BCUT2D eigenvalue weighted by atomic mass is 9.98. The van der Waals surface area contributed by atoms with Crippen molar-refractivity contribution in [2.45, 2.75) is 37.8 Å². The van der Waals surface area contributed by atoms with Gasteiger partial charge in [0.2, 0.25) is 11.8 Å². The molecular weight excluding hydrogens is 410 g/mol. The number of hydrogen-bond donors (Lipinski definition) is 4. The monoisotopic (exact) mass is 437 g/mol. The molecule has 2 aromatic rings. The van der Waals surface area contributed by atoms with Crippen LogP contribution in [0.15, 0.2) is 24.3 Å². The molecule has 3 heterocycles. The van der Waals surface area contributed by atoms with Crippen molar-refractivity contribution < 1.29 is 19.1 Å². The number of carbonyl (C=O) groups is 3. The maximum absolute atomic E-state index is 13.3. The summed E-state index contributed by atoms with van der Waals surface area (Å²) >= 11 is 0. The van der Waals surface area contributed by atoms with Gasteiger partial charge in [0.15, 0.2) is 0 Å². The van der Waals surface area contributed by atoms with Crippen LogP contribution in [-0.4, -0.2) is 60.0 Å². The summed E-state index contributed by atoms with van der Waals surface area (Å²) < 4.78 is 5.37. The molecule has 3 unspecified atom stereocenters. The maximum atomic E-state index is 13.3. The van der Waals surface area contributed by atoms with Crippen molar-refractivity contribution in [2.24, 2.45) is 5.92 Å². The molecule has 4 rings (SSSR count). The number of rotatable bonds is 6. The van der Waals surface area contributed by atoms with E-state index in [1.165, 1.54) is 5.01 Å². The van der Waals surface area contributed by atoms with E-state index in [9.17, 15) is 14.4 Å². The lowest BCUT2D eigenvalue weighted by Gasteiger charge is -2.35. The van der Waals surface area contributed by atoms with Gasteiger partial charge in [0.25, 0.3) is 5.91 Å². The molecule has 3 atom stereocenters. The number of H-pyrrole nitrogens is 1. The second-order valence-corrected chi connectivity index (χ2v) is 8.09. The third-order valence-corrected chi connectivity index (χ3v) is 6.04. The van der Waals surface area contributed by atoms with Crippen LogP contribution < -0.4 is 20.8 Å². The van der Waals surface area contributed by atoms with Gasteiger partial charge in [-0.3, -0.25) is 19.4 Å². The quantitative estimate of drug-likeness (QED) is 0.502. The Morgan fingerprint density at radius 3 is 2.91 bits per heavy atom. The Bertz CT molecular complexity index is 1070. The van der Waals surface area contributed by atoms with Crippen molar-refractivity contribution >= 4 is 28.6 Å². The van der Waals surface area contributed by atoms with Gasteiger partial charge >= 0.3 is 0 Å². The molecule has 9 nitrogen and oxygen atoms in total. The van der Waals surface area contributed by atoms with Crippen molar-refractivity contribution in [3.05, 3.63) is 30.0 Å². The molecule has 168 valence electrons. The zero-order valence-electron chi connectivity index (χ0n) is 17.9. The molecule has 0 aliphatic carbocycles. The molecule has 2 fully saturated rings. The summed E-state index contributed by atoms with van der Waals surface area (Å²) in [5.41, 5.74) is 4.17. The highest BCUT2D eigenvalue weighted by Crippen LogP contribution is 2.27. The van der Waals surface area contributed by atoms with E-state index >= 15 is 0 Å². The van der Waals surface area contributed by atoms with Crippen LogP contribution in [0.25, 0.3) is 10.9 Å². The number of terminal acetylenes is 1. The molecule has 9 heteroatoms. The highest BCUT2D eigenvalue weighted by atomic mass is 16.5. The van der Waals surface area contributed by atoms with Crippen LogP contribution in [0.3, 0.4) is 0 Å². The highest BCUT2D eigenvalue weighted by molar-refractivity contribution is 6.01. The Morgan fingerprint density at radius 2 is 2.19 bits per heavy atom. The van der Waals surface area contributed by atoms with Crippen molar-refractivity contribution in [2.75, 3.05) is 20.2 Å². The molecule has 2 aliphatic heterocycles. The fourth-order valence-electron chi connectivity index (χ4n) is 4.34. The Kier molecular flexibility index (Phi) is 6.32. The standard InChI is InChI=1S/C23H27N5O4/c1-3-15(12-14-9-11-24-21(14)29)26-22(30)19-7-5-10-25-28(19)23(31)18-13-16-17(27-18)6-4-8-20(16)32-2/h1,4,6,8,13-15,19,25,27H,5,7,9-12H2,2H3,(H,24,29)(H,26,30). The first-order valence-electron chi connectivity index (χ1n) is 10.8. The van der Waals surface area contributed by atoms with Crippen LogP contribution in [0.5, 0.6) is 5.75 Å². The molecule has 0 bridgehead atoms. The van der Waals surface area contributed by atoms with E-state index in [1.54, 1.807) is 13.2 Å². The number of methoxy groups -OCH3 is 1. The zero-order valence-corrected chi connectivity index (χ0v) is 17.9. The number of aromatic amines is 1. The molecule has 0 spiro atoms. The van der Waals surface area contributed by atoms with Crippen molar-refractivity contribution in [1.82, 2.24) is 26.1 Å². The van der Waals surface area contributed by atoms with Gasteiger partial charge in [0.05, 0.1) is 13.2 Å². The summed E-state index contributed by atoms with van der Waals surface area (Å²) in [5.74, 6) is 2.31. The van der Waals surface area contributed by atoms with E-state index in [0.29, 0.717) is 43.8 Å². The minimum absolute atomic E-state index is 0.0372. The molecule has 4 N–H and O–H groups in total. The fourth-order valence-corrected chi connectivity index (χ4v) is 4.34. The number of hydrazine groups is 1. The van der Waals surface area contributed by atoms with Crippen molar-refractivity contribution in [3.8, 4) is 18.1 Å². The molecule has 2 saturated heterocycles.